The molecule has 0 unspecified atom stereocenters. The van der Waals surface area contributed by atoms with E-state index in [0.717, 1.165) is 30.2 Å². The van der Waals surface area contributed by atoms with Gasteiger partial charge >= 0.3 is 6.09 Å². The molecule has 0 atom stereocenters. The summed E-state index contributed by atoms with van der Waals surface area (Å²) >= 11 is 1.26. The van der Waals surface area contributed by atoms with E-state index in [1.807, 2.05) is 17.5 Å². The van der Waals surface area contributed by atoms with Gasteiger partial charge < -0.3 is 25.4 Å². The number of pyridine rings is 1. The van der Waals surface area contributed by atoms with Crippen molar-refractivity contribution in [3.8, 4) is 16.3 Å². The summed E-state index contributed by atoms with van der Waals surface area (Å²) in [4.78, 5) is 26.5. The summed E-state index contributed by atoms with van der Waals surface area (Å²) in [5.74, 6) is 1.46. The van der Waals surface area contributed by atoms with Gasteiger partial charge in [0.2, 0.25) is 0 Å². The molecule has 0 spiro atoms. The Morgan fingerprint density at radius 3 is 2.84 bits per heavy atom. The first-order valence-corrected chi connectivity index (χ1v) is 10.4. The van der Waals surface area contributed by atoms with Crippen molar-refractivity contribution in [2.24, 2.45) is 5.73 Å². The number of carbonyl (C=O) groups is 1. The summed E-state index contributed by atoms with van der Waals surface area (Å²) < 4.78 is 12.0. The number of thiophene rings is 1. The van der Waals surface area contributed by atoms with Crippen LogP contribution in [-0.2, 0) is 4.74 Å². The number of fused-ring (bicyclic) bond motifs is 1. The third-order valence-electron chi connectivity index (χ3n) is 4.72. The van der Waals surface area contributed by atoms with Gasteiger partial charge in [-0.25, -0.2) is 24.3 Å². The van der Waals surface area contributed by atoms with Gasteiger partial charge in [-0.2, -0.15) is 5.10 Å². The zero-order valence-corrected chi connectivity index (χ0v) is 17.1. The second-order valence-electron chi connectivity index (χ2n) is 6.69. The number of aromatic nitrogens is 5. The van der Waals surface area contributed by atoms with Crippen LogP contribution in [0.5, 0.6) is 5.06 Å². The first-order chi connectivity index (χ1) is 15.2. The number of rotatable bonds is 5. The average Bonchev–Trinajstić information content (AvgIpc) is 3.45. The van der Waals surface area contributed by atoms with E-state index in [0.29, 0.717) is 35.4 Å². The van der Waals surface area contributed by atoms with Crippen LogP contribution >= 0.6 is 11.3 Å². The summed E-state index contributed by atoms with van der Waals surface area (Å²) in [6.45, 7) is 3.09. The molecule has 1 fully saturated rings. The molecule has 1 aliphatic rings. The number of nitrogens with two attached hydrogens (primary N) is 1. The second-order valence-corrected chi connectivity index (χ2v) is 7.57. The molecule has 0 saturated carbocycles. The van der Waals surface area contributed by atoms with Crippen LogP contribution in [0.25, 0.3) is 16.9 Å². The Labute approximate surface area is 180 Å². The number of primary amides is 1. The van der Waals surface area contributed by atoms with Crippen molar-refractivity contribution in [3.05, 3.63) is 42.3 Å². The van der Waals surface area contributed by atoms with Crippen LogP contribution < -0.4 is 20.7 Å². The number of anilines is 3. The number of nitrogens with one attached hydrogen (secondary N) is 1. The average molecular weight is 438 g/mol. The topological polar surface area (TPSA) is 133 Å². The monoisotopic (exact) mass is 438 g/mol. The minimum atomic E-state index is -0.856. The number of hydrogen-bond donors (Lipinski definition) is 2. The smallest absolute Gasteiger partial charge is 0.399 e. The molecular formula is C19H18N8O3S. The minimum Gasteiger partial charge on any atom is -0.399 e. The van der Waals surface area contributed by atoms with E-state index in [9.17, 15) is 4.79 Å². The lowest BCUT2D eigenvalue weighted by atomic mass is 10.2. The van der Waals surface area contributed by atoms with Gasteiger partial charge in [0.25, 0.3) is 0 Å². The summed E-state index contributed by atoms with van der Waals surface area (Å²) in [6.07, 6.45) is 4.04. The number of ether oxygens (including phenoxy) is 2. The maximum absolute atomic E-state index is 11.0. The Balaban J connectivity index is 1.39. The van der Waals surface area contributed by atoms with Crippen LogP contribution in [0.1, 0.15) is 0 Å². The van der Waals surface area contributed by atoms with E-state index in [1.54, 1.807) is 23.0 Å². The van der Waals surface area contributed by atoms with E-state index in [4.69, 9.17) is 15.2 Å². The Kier molecular flexibility index (Phi) is 5.06. The van der Waals surface area contributed by atoms with Crippen molar-refractivity contribution >= 4 is 40.4 Å². The predicted molar refractivity (Wildman–Crippen MR) is 115 cm³/mol. The molecule has 1 saturated heterocycles. The quantitative estimate of drug-likeness (QED) is 0.481. The maximum Gasteiger partial charge on any atom is 0.410 e. The van der Waals surface area contributed by atoms with Crippen molar-refractivity contribution in [2.75, 3.05) is 36.5 Å². The first-order valence-electron chi connectivity index (χ1n) is 9.48. The fourth-order valence-corrected chi connectivity index (χ4v) is 4.04. The predicted octanol–water partition coefficient (Wildman–Crippen LogP) is 2.29. The van der Waals surface area contributed by atoms with Gasteiger partial charge in [-0.05, 0) is 12.1 Å². The molecule has 158 valence electrons. The number of nitrogens with zero attached hydrogens (tertiary/aromatic N) is 6. The van der Waals surface area contributed by atoms with Gasteiger partial charge in [-0.3, -0.25) is 0 Å². The van der Waals surface area contributed by atoms with Gasteiger partial charge in [0.1, 0.15) is 12.1 Å². The lowest BCUT2D eigenvalue weighted by Gasteiger charge is -2.27. The molecule has 5 heterocycles. The highest BCUT2D eigenvalue weighted by Crippen LogP contribution is 2.32. The molecule has 11 nitrogen and oxygen atoms in total. The zero-order valence-electron chi connectivity index (χ0n) is 16.3. The highest BCUT2D eigenvalue weighted by atomic mass is 32.1. The molecule has 4 aromatic heterocycles. The third-order valence-corrected chi connectivity index (χ3v) is 5.53. The third kappa shape index (κ3) is 3.98. The van der Waals surface area contributed by atoms with E-state index in [1.165, 1.54) is 17.7 Å². The molecule has 1 aliphatic heterocycles. The standard InChI is InChI=1S/C19H18N8O3S/c20-19(28)30-16-7-12(10-31-16)14-9-22-17(18-23-11-24-27(14)18)25-13-1-2-15(21-8-13)26-3-5-29-6-4-26/h1-2,7-11H,3-6H2,(H2,20,28)(H,22,25). The number of amides is 1. The van der Waals surface area contributed by atoms with Crippen molar-refractivity contribution in [1.29, 1.82) is 0 Å². The largest absolute Gasteiger partial charge is 0.410 e. The van der Waals surface area contributed by atoms with Crippen LogP contribution in [-0.4, -0.2) is 57.0 Å². The maximum atomic E-state index is 11.0. The van der Waals surface area contributed by atoms with Crippen LogP contribution in [0.4, 0.5) is 22.1 Å². The fraction of sp³-hybridized carbons (Fsp3) is 0.211. The molecule has 0 bridgehead atoms. The van der Waals surface area contributed by atoms with E-state index in [2.05, 4.69) is 30.3 Å². The van der Waals surface area contributed by atoms with E-state index < -0.39 is 6.09 Å². The van der Waals surface area contributed by atoms with Gasteiger partial charge in [0.15, 0.2) is 16.5 Å². The molecule has 12 heteroatoms. The molecule has 4 aromatic rings. The van der Waals surface area contributed by atoms with Crippen molar-refractivity contribution in [2.45, 2.75) is 0 Å². The van der Waals surface area contributed by atoms with Crippen molar-refractivity contribution in [3.63, 3.8) is 0 Å². The van der Waals surface area contributed by atoms with Gasteiger partial charge in [0, 0.05) is 30.1 Å². The molecule has 0 aliphatic carbocycles. The Hall–Kier alpha value is -3.77. The Morgan fingerprint density at radius 1 is 1.19 bits per heavy atom. The van der Waals surface area contributed by atoms with Gasteiger partial charge in [-0.15, -0.1) is 11.3 Å². The lowest BCUT2D eigenvalue weighted by molar-refractivity contribution is 0.122. The molecule has 0 aromatic carbocycles. The van der Waals surface area contributed by atoms with E-state index >= 15 is 0 Å². The molecule has 5 rings (SSSR count). The van der Waals surface area contributed by atoms with Crippen molar-refractivity contribution < 1.29 is 14.3 Å². The van der Waals surface area contributed by atoms with Crippen LogP contribution in [0, 0.1) is 0 Å². The lowest BCUT2D eigenvalue weighted by Crippen LogP contribution is -2.36. The molecule has 31 heavy (non-hydrogen) atoms. The molecule has 1 amide bonds. The molecule has 0 radical (unpaired) electrons. The highest BCUT2D eigenvalue weighted by molar-refractivity contribution is 7.12. The highest BCUT2D eigenvalue weighted by Gasteiger charge is 2.15. The summed E-state index contributed by atoms with van der Waals surface area (Å²) in [7, 11) is 0. The zero-order chi connectivity index (χ0) is 21.2. The summed E-state index contributed by atoms with van der Waals surface area (Å²) in [5.41, 5.74) is 7.90. The van der Waals surface area contributed by atoms with Gasteiger partial charge in [0.05, 0.1) is 37.0 Å². The van der Waals surface area contributed by atoms with Gasteiger partial charge in [-0.1, -0.05) is 0 Å². The molecular weight excluding hydrogens is 420 g/mol. The first kappa shape index (κ1) is 19.2. The van der Waals surface area contributed by atoms with E-state index in [-0.39, 0.29) is 0 Å². The Bertz CT molecular complexity index is 1220. The van der Waals surface area contributed by atoms with Crippen LogP contribution in [0.15, 0.2) is 42.3 Å². The number of hydrogen-bond acceptors (Lipinski definition) is 10. The molecule has 3 N–H and O–H groups in total. The number of morpholine rings is 1. The van der Waals surface area contributed by atoms with Crippen LogP contribution in [0.2, 0.25) is 0 Å². The Morgan fingerprint density at radius 2 is 2.06 bits per heavy atom. The summed E-state index contributed by atoms with van der Waals surface area (Å²) in [5, 5.41) is 9.78. The minimum absolute atomic E-state index is 0.393. The second kappa shape index (κ2) is 8.16. The number of carbonyl (C=O) groups excluding carboxylic acids is 1. The van der Waals surface area contributed by atoms with Crippen LogP contribution in [0.3, 0.4) is 0 Å². The summed E-state index contributed by atoms with van der Waals surface area (Å²) in [6, 6.07) is 5.62. The normalized spacial score (nSPS) is 14.0. The van der Waals surface area contributed by atoms with Crippen molar-refractivity contribution in [1.82, 2.24) is 24.6 Å². The SMILES string of the molecule is NC(=O)Oc1cc(-c2cnc(Nc3ccc(N4CCOCC4)nc3)c3ncnn23)cs1. The fourth-order valence-electron chi connectivity index (χ4n) is 3.28.